The van der Waals surface area contributed by atoms with Crippen LogP contribution in [0.1, 0.15) is 30.4 Å². The average Bonchev–Trinajstić information content (AvgIpc) is 2.75. The lowest BCUT2D eigenvalue weighted by Crippen LogP contribution is -2.20. The van der Waals surface area contributed by atoms with Crippen LogP contribution < -0.4 is 10.9 Å². The van der Waals surface area contributed by atoms with E-state index in [0.29, 0.717) is 6.42 Å². The minimum atomic E-state index is -0.239. The van der Waals surface area contributed by atoms with Gasteiger partial charge in [-0.2, -0.15) is 10.2 Å². The summed E-state index contributed by atoms with van der Waals surface area (Å²) in [6.45, 7) is 0. The highest BCUT2D eigenvalue weighted by atomic mass is 16.2. The van der Waals surface area contributed by atoms with Gasteiger partial charge < -0.3 is 0 Å². The summed E-state index contributed by atoms with van der Waals surface area (Å²) in [5, 5.41) is 7.67. The van der Waals surface area contributed by atoms with Crippen LogP contribution in [0.3, 0.4) is 0 Å². The van der Waals surface area contributed by atoms with Crippen LogP contribution in [0.5, 0.6) is 0 Å². The number of hydrogen-bond donors (Lipinski definition) is 2. The number of amides is 2. The molecule has 0 radical (unpaired) electrons. The largest absolute Gasteiger partial charge is 0.273 e. The second kappa shape index (κ2) is 13.4. The molecule has 2 aromatic rings. The van der Waals surface area contributed by atoms with Crippen molar-refractivity contribution < 1.29 is 9.59 Å². The lowest BCUT2D eigenvalue weighted by atomic mass is 10.2. The topological polar surface area (TPSA) is 82.9 Å². The highest BCUT2D eigenvalue weighted by Crippen LogP contribution is 2.00. The number of nitrogens with zero attached hydrogens (tertiary/aromatic N) is 2. The first-order chi connectivity index (χ1) is 14.2. The molecule has 29 heavy (non-hydrogen) atoms. The standard InChI is InChI=1S/C23H24N4O2/c28-22(26-24-18-8-14-20-10-3-1-4-11-20)16-7-17-23(29)27-25-19-9-15-21-12-5-2-6-13-21/h1-6,8-15,18-19H,7,16-17H2,(H,26,28)(H,27,29). The van der Waals surface area contributed by atoms with Gasteiger partial charge in [0.1, 0.15) is 0 Å². The number of carbonyl (C=O) groups excluding carboxylic acids is 2. The maximum Gasteiger partial charge on any atom is 0.240 e. The Balaban J connectivity index is 1.55. The molecule has 0 saturated carbocycles. The third kappa shape index (κ3) is 10.2. The van der Waals surface area contributed by atoms with Crippen molar-refractivity contribution in [2.45, 2.75) is 19.3 Å². The van der Waals surface area contributed by atoms with Gasteiger partial charge in [0, 0.05) is 25.3 Å². The van der Waals surface area contributed by atoms with Crippen molar-refractivity contribution in [1.82, 2.24) is 10.9 Å². The smallest absolute Gasteiger partial charge is 0.240 e. The monoisotopic (exact) mass is 388 g/mol. The summed E-state index contributed by atoms with van der Waals surface area (Å²) < 4.78 is 0. The van der Waals surface area contributed by atoms with E-state index in [2.05, 4.69) is 21.1 Å². The van der Waals surface area contributed by atoms with Crippen LogP contribution in [-0.4, -0.2) is 24.2 Å². The number of rotatable bonds is 10. The summed E-state index contributed by atoms with van der Waals surface area (Å²) in [6, 6.07) is 19.6. The normalized spacial score (nSPS) is 11.6. The minimum absolute atomic E-state index is 0.213. The van der Waals surface area contributed by atoms with Gasteiger partial charge in [0.2, 0.25) is 11.8 Å². The first-order valence-electron chi connectivity index (χ1n) is 9.31. The van der Waals surface area contributed by atoms with Gasteiger partial charge in [-0.25, -0.2) is 10.9 Å². The Hall–Kier alpha value is -3.80. The second-order valence-electron chi connectivity index (χ2n) is 6.02. The van der Waals surface area contributed by atoms with Crippen LogP contribution in [0, 0.1) is 0 Å². The van der Waals surface area contributed by atoms with E-state index in [9.17, 15) is 9.59 Å². The maximum atomic E-state index is 11.7. The number of allylic oxidation sites excluding steroid dienone is 2. The molecule has 0 bridgehead atoms. The zero-order valence-electron chi connectivity index (χ0n) is 16.1. The Morgan fingerprint density at radius 2 is 1.10 bits per heavy atom. The quantitative estimate of drug-likeness (QED) is 0.479. The lowest BCUT2D eigenvalue weighted by molar-refractivity contribution is -0.122. The second-order valence-corrected chi connectivity index (χ2v) is 6.02. The third-order valence-corrected chi connectivity index (χ3v) is 3.68. The van der Waals surface area contributed by atoms with Gasteiger partial charge in [0.05, 0.1) is 0 Å². The number of benzene rings is 2. The van der Waals surface area contributed by atoms with Crippen molar-refractivity contribution in [3.05, 3.63) is 83.9 Å². The summed E-state index contributed by atoms with van der Waals surface area (Å²) in [6.07, 6.45) is 11.1. The molecule has 0 aliphatic heterocycles. The first kappa shape index (κ1) is 21.5. The number of hydrazone groups is 2. The Bertz CT molecular complexity index is 799. The fourth-order valence-electron chi connectivity index (χ4n) is 2.26. The molecule has 2 rings (SSSR count). The van der Waals surface area contributed by atoms with Gasteiger partial charge in [-0.1, -0.05) is 72.8 Å². The van der Waals surface area contributed by atoms with Crippen molar-refractivity contribution in [3.63, 3.8) is 0 Å². The molecular weight excluding hydrogens is 364 g/mol. The van der Waals surface area contributed by atoms with E-state index in [0.717, 1.165) is 11.1 Å². The van der Waals surface area contributed by atoms with E-state index < -0.39 is 0 Å². The number of hydrogen-bond acceptors (Lipinski definition) is 4. The van der Waals surface area contributed by atoms with Gasteiger partial charge in [0.25, 0.3) is 0 Å². The van der Waals surface area contributed by atoms with Crippen LogP contribution in [-0.2, 0) is 9.59 Å². The van der Waals surface area contributed by atoms with E-state index in [-0.39, 0.29) is 24.7 Å². The van der Waals surface area contributed by atoms with Crippen LogP contribution in [0.25, 0.3) is 12.2 Å². The zero-order chi connectivity index (χ0) is 20.6. The van der Waals surface area contributed by atoms with Crippen molar-refractivity contribution in [3.8, 4) is 0 Å². The SMILES string of the molecule is O=C(CCCC(=O)NN=CC=Cc1ccccc1)NN=CC=Cc1ccccc1. The lowest BCUT2D eigenvalue weighted by Gasteiger charge is -1.99. The van der Waals surface area contributed by atoms with Crippen LogP contribution >= 0.6 is 0 Å². The predicted molar refractivity (Wildman–Crippen MR) is 118 cm³/mol. The van der Waals surface area contributed by atoms with Crippen LogP contribution in [0.15, 0.2) is 83.0 Å². The van der Waals surface area contributed by atoms with Crippen molar-refractivity contribution in [2.24, 2.45) is 10.2 Å². The summed E-state index contributed by atoms with van der Waals surface area (Å²) in [4.78, 5) is 23.3. The van der Waals surface area contributed by atoms with E-state index in [1.807, 2.05) is 72.8 Å². The number of nitrogens with one attached hydrogen (secondary N) is 2. The molecule has 6 nitrogen and oxygen atoms in total. The molecule has 2 N–H and O–H groups in total. The minimum Gasteiger partial charge on any atom is -0.273 e. The van der Waals surface area contributed by atoms with Crippen molar-refractivity contribution in [1.29, 1.82) is 0 Å². The molecular formula is C23H24N4O2. The fraction of sp³-hybridized carbons (Fsp3) is 0.130. The molecule has 6 heteroatoms. The summed E-state index contributed by atoms with van der Waals surface area (Å²) in [7, 11) is 0. The average molecular weight is 388 g/mol. The van der Waals surface area contributed by atoms with E-state index >= 15 is 0 Å². The zero-order valence-corrected chi connectivity index (χ0v) is 16.1. The molecule has 0 heterocycles. The summed E-state index contributed by atoms with van der Waals surface area (Å²) in [5.41, 5.74) is 6.95. The molecule has 0 spiro atoms. The first-order valence-corrected chi connectivity index (χ1v) is 9.31. The van der Waals surface area contributed by atoms with Gasteiger partial charge in [-0.05, 0) is 29.7 Å². The van der Waals surface area contributed by atoms with Gasteiger partial charge in [-0.15, -0.1) is 0 Å². The molecule has 0 aromatic heterocycles. The van der Waals surface area contributed by atoms with Gasteiger partial charge in [-0.3, -0.25) is 9.59 Å². The third-order valence-electron chi connectivity index (χ3n) is 3.68. The van der Waals surface area contributed by atoms with Crippen LogP contribution in [0.2, 0.25) is 0 Å². The Morgan fingerprint density at radius 3 is 1.52 bits per heavy atom. The molecule has 0 unspecified atom stereocenters. The van der Waals surface area contributed by atoms with Crippen molar-refractivity contribution in [2.75, 3.05) is 0 Å². The maximum absolute atomic E-state index is 11.7. The molecule has 148 valence electrons. The molecule has 0 saturated heterocycles. The molecule has 0 atom stereocenters. The van der Waals surface area contributed by atoms with Gasteiger partial charge >= 0.3 is 0 Å². The Kier molecular flexibility index (Phi) is 9.92. The molecule has 0 fully saturated rings. The summed E-state index contributed by atoms with van der Waals surface area (Å²) >= 11 is 0. The fourth-order valence-corrected chi connectivity index (χ4v) is 2.26. The molecule has 0 aliphatic rings. The predicted octanol–water partition coefficient (Wildman–Crippen LogP) is 3.79. The Labute approximate surface area is 170 Å². The van der Waals surface area contributed by atoms with E-state index in [1.165, 1.54) is 12.4 Å². The van der Waals surface area contributed by atoms with E-state index in [4.69, 9.17) is 0 Å². The molecule has 2 amide bonds. The van der Waals surface area contributed by atoms with Crippen LogP contribution in [0.4, 0.5) is 0 Å². The van der Waals surface area contributed by atoms with E-state index in [1.54, 1.807) is 12.2 Å². The summed E-state index contributed by atoms with van der Waals surface area (Å²) in [5.74, 6) is -0.479. The highest BCUT2D eigenvalue weighted by Gasteiger charge is 2.03. The molecule has 2 aromatic carbocycles. The Morgan fingerprint density at radius 1 is 0.690 bits per heavy atom. The highest BCUT2D eigenvalue weighted by molar-refractivity contribution is 5.83. The van der Waals surface area contributed by atoms with Gasteiger partial charge in [0.15, 0.2) is 0 Å². The molecule has 0 aliphatic carbocycles. The van der Waals surface area contributed by atoms with Crippen molar-refractivity contribution >= 4 is 36.4 Å². The number of carbonyl (C=O) groups is 2.